The van der Waals surface area contributed by atoms with Gasteiger partial charge in [0.05, 0.1) is 0 Å². The SMILES string of the molecule is CCN(CCCO)S(=O)(=O)c1cncc(/C=C/C(=O)O)c1. The van der Waals surface area contributed by atoms with Crippen molar-refractivity contribution >= 4 is 22.1 Å². The molecule has 0 unspecified atom stereocenters. The lowest BCUT2D eigenvalue weighted by Gasteiger charge is -2.19. The molecule has 0 saturated heterocycles. The fourth-order valence-corrected chi connectivity index (χ4v) is 3.17. The van der Waals surface area contributed by atoms with Crippen molar-refractivity contribution in [3.05, 3.63) is 30.1 Å². The molecule has 0 saturated carbocycles. The van der Waals surface area contributed by atoms with Crippen molar-refractivity contribution in [3.8, 4) is 0 Å². The molecule has 1 aromatic rings. The number of hydrogen-bond donors (Lipinski definition) is 2. The fourth-order valence-electron chi connectivity index (χ4n) is 1.68. The van der Waals surface area contributed by atoms with Crippen molar-refractivity contribution in [1.82, 2.24) is 9.29 Å². The minimum Gasteiger partial charge on any atom is -0.478 e. The van der Waals surface area contributed by atoms with Gasteiger partial charge in [0.2, 0.25) is 10.0 Å². The Balaban J connectivity index is 3.07. The van der Waals surface area contributed by atoms with E-state index in [9.17, 15) is 13.2 Å². The van der Waals surface area contributed by atoms with E-state index in [1.54, 1.807) is 6.92 Å². The van der Waals surface area contributed by atoms with Gasteiger partial charge in [-0.2, -0.15) is 4.31 Å². The molecule has 0 bridgehead atoms. The average Bonchev–Trinajstić information content (AvgIpc) is 2.46. The Labute approximate surface area is 123 Å². The number of nitrogens with zero attached hydrogens (tertiary/aromatic N) is 2. The van der Waals surface area contributed by atoms with E-state index in [1.165, 1.54) is 28.8 Å². The highest BCUT2D eigenvalue weighted by Crippen LogP contribution is 2.16. The Morgan fingerprint density at radius 1 is 1.43 bits per heavy atom. The summed E-state index contributed by atoms with van der Waals surface area (Å²) in [6.45, 7) is 2.10. The van der Waals surface area contributed by atoms with Crippen molar-refractivity contribution in [2.45, 2.75) is 18.2 Å². The predicted molar refractivity (Wildman–Crippen MR) is 77.0 cm³/mol. The molecule has 7 nitrogen and oxygen atoms in total. The van der Waals surface area contributed by atoms with Gasteiger partial charge >= 0.3 is 5.97 Å². The number of pyridine rings is 1. The van der Waals surface area contributed by atoms with Crippen LogP contribution in [-0.2, 0) is 14.8 Å². The van der Waals surface area contributed by atoms with Crippen LogP contribution in [0.2, 0.25) is 0 Å². The van der Waals surface area contributed by atoms with Crippen molar-refractivity contribution in [2.24, 2.45) is 0 Å². The number of carbonyl (C=O) groups is 1. The molecule has 2 N–H and O–H groups in total. The number of aromatic nitrogens is 1. The summed E-state index contributed by atoms with van der Waals surface area (Å²) in [6.07, 6.45) is 5.13. The zero-order valence-corrected chi connectivity index (χ0v) is 12.5. The van der Waals surface area contributed by atoms with Crippen LogP contribution in [-0.4, -0.2) is 53.6 Å². The van der Waals surface area contributed by atoms with Crippen LogP contribution in [0.1, 0.15) is 18.9 Å². The molecule has 1 rings (SSSR count). The van der Waals surface area contributed by atoms with Gasteiger partial charge in [-0.3, -0.25) is 4.98 Å². The smallest absolute Gasteiger partial charge is 0.328 e. The van der Waals surface area contributed by atoms with Crippen LogP contribution in [0.4, 0.5) is 0 Å². The second kappa shape index (κ2) is 7.87. The second-order valence-electron chi connectivity index (χ2n) is 4.20. The summed E-state index contributed by atoms with van der Waals surface area (Å²) in [5.74, 6) is -1.12. The first-order chi connectivity index (χ1) is 9.91. The largest absolute Gasteiger partial charge is 0.478 e. The van der Waals surface area contributed by atoms with Gasteiger partial charge in [-0.05, 0) is 24.1 Å². The second-order valence-corrected chi connectivity index (χ2v) is 6.14. The van der Waals surface area contributed by atoms with Gasteiger partial charge in [0.25, 0.3) is 0 Å². The molecule has 1 aromatic heterocycles. The first-order valence-corrected chi connectivity index (χ1v) is 7.83. The summed E-state index contributed by atoms with van der Waals surface area (Å²) >= 11 is 0. The molecule has 0 radical (unpaired) electrons. The maximum Gasteiger partial charge on any atom is 0.328 e. The Morgan fingerprint density at radius 2 is 2.14 bits per heavy atom. The highest BCUT2D eigenvalue weighted by Gasteiger charge is 2.23. The third-order valence-electron chi connectivity index (χ3n) is 2.71. The summed E-state index contributed by atoms with van der Waals surface area (Å²) in [6, 6.07) is 1.36. The minimum atomic E-state index is -3.71. The summed E-state index contributed by atoms with van der Waals surface area (Å²) in [4.78, 5) is 14.3. The topological polar surface area (TPSA) is 108 Å². The molecular weight excluding hydrogens is 296 g/mol. The van der Waals surface area contributed by atoms with E-state index < -0.39 is 16.0 Å². The third kappa shape index (κ3) is 4.92. The molecule has 8 heteroatoms. The lowest BCUT2D eigenvalue weighted by Crippen LogP contribution is -2.32. The van der Waals surface area contributed by atoms with Crippen molar-refractivity contribution in [1.29, 1.82) is 0 Å². The van der Waals surface area contributed by atoms with Crippen molar-refractivity contribution in [2.75, 3.05) is 19.7 Å². The Bertz CT molecular complexity index is 613. The highest BCUT2D eigenvalue weighted by molar-refractivity contribution is 7.89. The van der Waals surface area contributed by atoms with Gasteiger partial charge < -0.3 is 10.2 Å². The number of carboxylic acid groups (broad SMARTS) is 1. The van der Waals surface area contributed by atoms with E-state index in [0.717, 1.165) is 6.08 Å². The maximum atomic E-state index is 12.4. The van der Waals surface area contributed by atoms with Gasteiger partial charge in [0.1, 0.15) is 4.90 Å². The molecule has 0 fully saturated rings. The van der Waals surface area contributed by atoms with E-state index in [2.05, 4.69) is 4.98 Å². The number of aliphatic hydroxyl groups is 1. The zero-order valence-electron chi connectivity index (χ0n) is 11.6. The molecule has 0 amide bonds. The van der Waals surface area contributed by atoms with E-state index in [4.69, 9.17) is 10.2 Å². The number of aliphatic hydroxyl groups excluding tert-OH is 1. The molecular formula is C13H18N2O5S. The van der Waals surface area contributed by atoms with Crippen molar-refractivity contribution < 1.29 is 23.4 Å². The van der Waals surface area contributed by atoms with E-state index in [0.29, 0.717) is 12.0 Å². The van der Waals surface area contributed by atoms with Crippen molar-refractivity contribution in [3.63, 3.8) is 0 Å². The van der Waals surface area contributed by atoms with Gasteiger partial charge in [-0.25, -0.2) is 13.2 Å². The van der Waals surface area contributed by atoms with Crippen LogP contribution in [0.3, 0.4) is 0 Å². The lowest BCUT2D eigenvalue weighted by molar-refractivity contribution is -0.131. The predicted octanol–water partition coefficient (Wildman–Crippen LogP) is 0.572. The molecule has 0 aliphatic rings. The first-order valence-electron chi connectivity index (χ1n) is 6.39. The van der Waals surface area contributed by atoms with E-state index in [-0.39, 0.29) is 24.6 Å². The Morgan fingerprint density at radius 3 is 2.71 bits per heavy atom. The van der Waals surface area contributed by atoms with Crippen LogP contribution in [0.5, 0.6) is 0 Å². The lowest BCUT2D eigenvalue weighted by atomic mass is 10.2. The summed E-state index contributed by atoms with van der Waals surface area (Å²) < 4.78 is 26.1. The van der Waals surface area contributed by atoms with Gasteiger partial charge in [0.15, 0.2) is 0 Å². The Kier molecular flexibility index (Phi) is 6.47. The van der Waals surface area contributed by atoms with Crippen LogP contribution in [0, 0.1) is 0 Å². The number of aliphatic carboxylic acids is 1. The van der Waals surface area contributed by atoms with Crippen LogP contribution < -0.4 is 0 Å². The number of rotatable bonds is 8. The molecule has 0 spiro atoms. The fraction of sp³-hybridized carbons (Fsp3) is 0.385. The molecule has 21 heavy (non-hydrogen) atoms. The third-order valence-corrected chi connectivity index (χ3v) is 4.65. The van der Waals surface area contributed by atoms with Crippen LogP contribution in [0.25, 0.3) is 6.08 Å². The summed E-state index contributed by atoms with van der Waals surface area (Å²) in [7, 11) is -3.71. The number of carboxylic acids is 1. The van der Waals surface area contributed by atoms with E-state index in [1.807, 2.05) is 0 Å². The molecule has 0 aromatic carbocycles. The highest BCUT2D eigenvalue weighted by atomic mass is 32.2. The quantitative estimate of drug-likeness (QED) is 0.679. The normalized spacial score (nSPS) is 12.1. The first kappa shape index (κ1) is 17.3. The zero-order chi connectivity index (χ0) is 15.9. The molecule has 1 heterocycles. The summed E-state index contributed by atoms with van der Waals surface area (Å²) in [5.41, 5.74) is 0.386. The van der Waals surface area contributed by atoms with Crippen LogP contribution in [0.15, 0.2) is 29.4 Å². The van der Waals surface area contributed by atoms with Gasteiger partial charge in [-0.1, -0.05) is 6.92 Å². The molecule has 0 aliphatic carbocycles. The van der Waals surface area contributed by atoms with E-state index >= 15 is 0 Å². The number of sulfonamides is 1. The minimum absolute atomic E-state index is 0.00479. The number of hydrogen-bond acceptors (Lipinski definition) is 5. The maximum absolute atomic E-state index is 12.4. The average molecular weight is 314 g/mol. The molecule has 0 aliphatic heterocycles. The summed E-state index contributed by atoms with van der Waals surface area (Å²) in [5, 5.41) is 17.4. The molecule has 0 atom stereocenters. The van der Waals surface area contributed by atoms with Gasteiger partial charge in [-0.15, -0.1) is 0 Å². The Hall–Kier alpha value is -1.77. The van der Waals surface area contributed by atoms with Crippen LogP contribution >= 0.6 is 0 Å². The van der Waals surface area contributed by atoms with Gasteiger partial charge in [0, 0.05) is 38.2 Å². The standard InChI is InChI=1S/C13H18N2O5S/c1-2-15(6-3-7-16)21(19,20)12-8-11(9-14-10-12)4-5-13(17)18/h4-5,8-10,16H,2-3,6-7H2,1H3,(H,17,18)/b5-4+. The monoisotopic (exact) mass is 314 g/mol. The molecule has 116 valence electrons.